The van der Waals surface area contributed by atoms with Gasteiger partial charge in [-0.05, 0) is 32.7 Å². The Morgan fingerprint density at radius 3 is 1.72 bits per heavy atom. The SMILES string of the molecule is c1cc(-c2cccc3ccccc23)c(-n2cnnc2-c2ccon2)c(-c2cccc3ccccc23)c1. The first-order valence-corrected chi connectivity index (χ1v) is 11.8. The molecule has 170 valence electrons. The molecule has 2 aromatic heterocycles. The van der Waals surface area contributed by atoms with Crippen molar-refractivity contribution in [1.29, 1.82) is 0 Å². The Morgan fingerprint density at radius 1 is 0.556 bits per heavy atom. The summed E-state index contributed by atoms with van der Waals surface area (Å²) in [7, 11) is 0. The molecule has 0 fully saturated rings. The van der Waals surface area contributed by atoms with E-state index in [1.807, 2.05) is 4.57 Å². The van der Waals surface area contributed by atoms with E-state index in [2.05, 4.69) is 118 Å². The minimum Gasteiger partial charge on any atom is -0.364 e. The van der Waals surface area contributed by atoms with Crippen LogP contribution in [-0.2, 0) is 0 Å². The number of fused-ring (bicyclic) bond motifs is 2. The van der Waals surface area contributed by atoms with Gasteiger partial charge < -0.3 is 4.52 Å². The van der Waals surface area contributed by atoms with Crippen LogP contribution >= 0.6 is 0 Å². The molecular weight excluding hydrogens is 444 g/mol. The maximum atomic E-state index is 5.14. The van der Waals surface area contributed by atoms with Gasteiger partial charge in [0.15, 0.2) is 11.5 Å². The van der Waals surface area contributed by atoms with Crippen molar-refractivity contribution in [2.45, 2.75) is 0 Å². The number of hydrogen-bond donors (Lipinski definition) is 0. The Kier molecular flexibility index (Phi) is 4.71. The van der Waals surface area contributed by atoms with Gasteiger partial charge in [0.1, 0.15) is 12.6 Å². The zero-order chi connectivity index (χ0) is 23.9. The number of benzene rings is 5. The summed E-state index contributed by atoms with van der Waals surface area (Å²) < 4.78 is 7.16. The smallest absolute Gasteiger partial charge is 0.190 e. The van der Waals surface area contributed by atoms with Crippen molar-refractivity contribution in [2.75, 3.05) is 0 Å². The van der Waals surface area contributed by atoms with Gasteiger partial charge in [0.2, 0.25) is 0 Å². The second-order valence-electron chi connectivity index (χ2n) is 8.66. The van der Waals surface area contributed by atoms with E-state index < -0.39 is 0 Å². The molecule has 0 saturated heterocycles. The molecule has 0 N–H and O–H groups in total. The lowest BCUT2D eigenvalue weighted by molar-refractivity contribution is 0.421. The van der Waals surface area contributed by atoms with E-state index in [4.69, 9.17) is 4.52 Å². The van der Waals surface area contributed by atoms with E-state index in [0.717, 1.165) is 27.9 Å². The third-order valence-corrected chi connectivity index (χ3v) is 6.65. The van der Waals surface area contributed by atoms with Crippen molar-refractivity contribution >= 4 is 21.5 Å². The van der Waals surface area contributed by atoms with Crippen LogP contribution in [-0.4, -0.2) is 19.9 Å². The molecule has 36 heavy (non-hydrogen) atoms. The van der Waals surface area contributed by atoms with Crippen LogP contribution in [0.3, 0.4) is 0 Å². The Balaban J connectivity index is 1.60. The van der Waals surface area contributed by atoms with Crippen molar-refractivity contribution in [3.05, 3.63) is 122 Å². The van der Waals surface area contributed by atoms with Crippen molar-refractivity contribution < 1.29 is 4.52 Å². The molecule has 0 amide bonds. The van der Waals surface area contributed by atoms with E-state index in [0.29, 0.717) is 11.5 Å². The average Bonchev–Trinajstić information content (AvgIpc) is 3.64. The number of aromatic nitrogens is 4. The van der Waals surface area contributed by atoms with Crippen molar-refractivity contribution in [2.24, 2.45) is 0 Å². The zero-order valence-electron chi connectivity index (χ0n) is 19.2. The molecule has 7 aromatic rings. The molecule has 0 atom stereocenters. The molecule has 0 bridgehead atoms. The minimum absolute atomic E-state index is 0.623. The lowest BCUT2D eigenvalue weighted by Gasteiger charge is -2.19. The molecule has 5 nitrogen and oxygen atoms in total. The van der Waals surface area contributed by atoms with Gasteiger partial charge in [0, 0.05) is 17.2 Å². The number of hydrogen-bond acceptors (Lipinski definition) is 4. The Labute approximate surface area is 207 Å². The molecule has 2 heterocycles. The summed E-state index contributed by atoms with van der Waals surface area (Å²) in [5.74, 6) is 0.623. The summed E-state index contributed by atoms with van der Waals surface area (Å²) >= 11 is 0. The molecule has 0 aliphatic heterocycles. The maximum Gasteiger partial charge on any atom is 0.190 e. The van der Waals surface area contributed by atoms with Crippen LogP contribution in [0, 0.1) is 0 Å². The van der Waals surface area contributed by atoms with Crippen LogP contribution in [0.4, 0.5) is 0 Å². The monoisotopic (exact) mass is 464 g/mol. The van der Waals surface area contributed by atoms with Crippen LogP contribution in [0.5, 0.6) is 0 Å². The lowest BCUT2D eigenvalue weighted by atomic mass is 9.91. The molecule has 0 aliphatic rings. The predicted molar refractivity (Wildman–Crippen MR) is 143 cm³/mol. The molecule has 5 heteroatoms. The molecule has 5 aromatic carbocycles. The second kappa shape index (κ2) is 8.32. The molecule has 0 unspecified atom stereocenters. The number of nitrogens with zero attached hydrogens (tertiary/aromatic N) is 4. The third kappa shape index (κ3) is 3.21. The Bertz CT molecular complexity index is 1740. The fraction of sp³-hybridized carbons (Fsp3) is 0. The van der Waals surface area contributed by atoms with Crippen molar-refractivity contribution in [3.63, 3.8) is 0 Å². The van der Waals surface area contributed by atoms with Crippen LogP contribution in [0.1, 0.15) is 0 Å². The van der Waals surface area contributed by atoms with E-state index >= 15 is 0 Å². The van der Waals surface area contributed by atoms with Crippen LogP contribution < -0.4 is 0 Å². The topological polar surface area (TPSA) is 56.7 Å². The average molecular weight is 465 g/mol. The first-order chi connectivity index (χ1) is 17.9. The van der Waals surface area contributed by atoms with E-state index in [1.54, 1.807) is 18.7 Å². The minimum atomic E-state index is 0.623. The maximum absolute atomic E-state index is 5.14. The quantitative estimate of drug-likeness (QED) is 0.270. The highest BCUT2D eigenvalue weighted by Gasteiger charge is 2.21. The first kappa shape index (κ1) is 20.4. The van der Waals surface area contributed by atoms with Gasteiger partial charge in [-0.15, -0.1) is 10.2 Å². The third-order valence-electron chi connectivity index (χ3n) is 6.65. The van der Waals surface area contributed by atoms with Crippen molar-refractivity contribution in [3.8, 4) is 39.5 Å². The highest BCUT2D eigenvalue weighted by atomic mass is 16.5. The van der Waals surface area contributed by atoms with Gasteiger partial charge in [0.25, 0.3) is 0 Å². The van der Waals surface area contributed by atoms with Crippen LogP contribution in [0.25, 0.3) is 61.0 Å². The Hall–Kier alpha value is -5.03. The predicted octanol–water partition coefficient (Wildman–Crippen LogP) is 7.56. The lowest BCUT2D eigenvalue weighted by Crippen LogP contribution is -2.02. The molecule has 0 saturated carbocycles. The number of rotatable bonds is 4. The molecular formula is C31H20N4O. The van der Waals surface area contributed by atoms with Crippen LogP contribution in [0.15, 0.2) is 126 Å². The summed E-state index contributed by atoms with van der Waals surface area (Å²) in [5, 5.41) is 17.6. The largest absolute Gasteiger partial charge is 0.364 e. The molecule has 0 spiro atoms. The van der Waals surface area contributed by atoms with Crippen molar-refractivity contribution in [1.82, 2.24) is 19.9 Å². The molecule has 0 aliphatic carbocycles. The highest BCUT2D eigenvalue weighted by Crippen LogP contribution is 2.41. The van der Waals surface area contributed by atoms with Gasteiger partial charge in [-0.2, -0.15) is 0 Å². The summed E-state index contributed by atoms with van der Waals surface area (Å²) in [4.78, 5) is 0. The second-order valence-corrected chi connectivity index (χ2v) is 8.66. The summed E-state index contributed by atoms with van der Waals surface area (Å²) in [6, 6.07) is 38.1. The fourth-order valence-corrected chi connectivity index (χ4v) is 5.06. The van der Waals surface area contributed by atoms with Gasteiger partial charge in [-0.1, -0.05) is 108 Å². The van der Waals surface area contributed by atoms with Crippen LogP contribution in [0.2, 0.25) is 0 Å². The van der Waals surface area contributed by atoms with Gasteiger partial charge in [0.05, 0.1) is 5.69 Å². The molecule has 0 radical (unpaired) electrons. The van der Waals surface area contributed by atoms with E-state index in [9.17, 15) is 0 Å². The highest BCUT2D eigenvalue weighted by molar-refractivity contribution is 6.04. The normalized spacial score (nSPS) is 11.3. The summed E-state index contributed by atoms with van der Waals surface area (Å²) in [5.41, 5.74) is 6.08. The zero-order valence-corrected chi connectivity index (χ0v) is 19.2. The Morgan fingerprint density at radius 2 is 1.11 bits per heavy atom. The van der Waals surface area contributed by atoms with Gasteiger partial charge in [-0.3, -0.25) is 4.57 Å². The number of para-hydroxylation sites is 1. The summed E-state index contributed by atoms with van der Waals surface area (Å²) in [6.45, 7) is 0. The van der Waals surface area contributed by atoms with Gasteiger partial charge in [-0.25, -0.2) is 0 Å². The van der Waals surface area contributed by atoms with E-state index in [1.165, 1.54) is 21.5 Å². The first-order valence-electron chi connectivity index (χ1n) is 11.8. The summed E-state index contributed by atoms with van der Waals surface area (Å²) in [6.07, 6.45) is 3.30. The van der Waals surface area contributed by atoms with Gasteiger partial charge >= 0.3 is 0 Å². The molecule has 7 rings (SSSR count). The standard InChI is InChI=1S/C31H20N4O/c1-3-12-23-21(8-1)10-5-14-25(23)27-16-7-17-28(26-15-6-11-22-9-2-4-13-24(22)26)30(27)35-20-32-33-31(35)29-18-19-36-34-29/h1-20H. The van der Waals surface area contributed by atoms with E-state index in [-0.39, 0.29) is 0 Å². The fourth-order valence-electron chi connectivity index (χ4n) is 5.06.